The molecule has 0 aromatic heterocycles. The van der Waals surface area contributed by atoms with Crippen molar-refractivity contribution in [2.24, 2.45) is 0 Å². The van der Waals surface area contributed by atoms with Gasteiger partial charge in [0.1, 0.15) is 0 Å². The average molecular weight is 466 g/mol. The van der Waals surface area contributed by atoms with E-state index in [0.29, 0.717) is 34.5 Å². The van der Waals surface area contributed by atoms with Gasteiger partial charge in [0.25, 0.3) is 0 Å². The first kappa shape index (κ1) is 23.6. The molecule has 0 unspecified atom stereocenters. The van der Waals surface area contributed by atoms with E-state index in [0.717, 1.165) is 23.1 Å². The van der Waals surface area contributed by atoms with Crippen molar-refractivity contribution in [2.75, 3.05) is 42.7 Å². The van der Waals surface area contributed by atoms with Crippen LogP contribution in [0.1, 0.15) is 34.3 Å². The quantitative estimate of drug-likeness (QED) is 0.517. The summed E-state index contributed by atoms with van der Waals surface area (Å²) in [5.74, 6) is 4.16. The topological polar surface area (TPSA) is 67.4 Å². The maximum Gasteiger partial charge on any atom is 0.161 e. The first-order valence-electron chi connectivity index (χ1n) is 11.0. The van der Waals surface area contributed by atoms with Gasteiger partial charge in [-0.25, -0.2) is 0 Å². The third kappa shape index (κ3) is 4.31. The second-order valence-corrected chi connectivity index (χ2v) is 7.99. The maximum absolute atomic E-state index is 5.61. The Morgan fingerprint density at radius 2 is 1.03 bits per heavy atom. The minimum Gasteiger partial charge on any atom is -0.493 e. The van der Waals surface area contributed by atoms with Crippen molar-refractivity contribution < 1.29 is 28.4 Å². The SMILES string of the molecule is COc1ccc([C@@H]2N[C@@H](c3ccc(OC)c(OC)c3)Cc3cc(OC)c(OC)cc32)cc1OC. The van der Waals surface area contributed by atoms with Gasteiger partial charge in [0.05, 0.1) is 48.7 Å². The number of nitrogens with one attached hydrogen (secondary N) is 1. The Morgan fingerprint density at radius 1 is 0.559 bits per heavy atom. The summed E-state index contributed by atoms with van der Waals surface area (Å²) in [4.78, 5) is 0. The second-order valence-electron chi connectivity index (χ2n) is 7.99. The van der Waals surface area contributed by atoms with E-state index in [4.69, 9.17) is 28.4 Å². The van der Waals surface area contributed by atoms with Crippen LogP contribution in [0, 0.1) is 0 Å². The van der Waals surface area contributed by atoms with Crippen LogP contribution in [0.4, 0.5) is 0 Å². The summed E-state index contributed by atoms with van der Waals surface area (Å²) in [6, 6.07) is 16.0. The van der Waals surface area contributed by atoms with E-state index in [2.05, 4.69) is 23.5 Å². The third-order valence-corrected chi connectivity index (χ3v) is 6.30. The van der Waals surface area contributed by atoms with Gasteiger partial charge in [-0.1, -0.05) is 12.1 Å². The van der Waals surface area contributed by atoms with Gasteiger partial charge in [-0.2, -0.15) is 0 Å². The molecule has 7 nitrogen and oxygen atoms in total. The van der Waals surface area contributed by atoms with E-state index in [1.54, 1.807) is 42.7 Å². The van der Waals surface area contributed by atoms with E-state index in [-0.39, 0.29) is 12.1 Å². The van der Waals surface area contributed by atoms with Crippen LogP contribution >= 0.6 is 0 Å². The summed E-state index contributed by atoms with van der Waals surface area (Å²) < 4.78 is 33.2. The Balaban J connectivity index is 1.83. The van der Waals surface area contributed by atoms with Crippen molar-refractivity contribution in [3.8, 4) is 34.5 Å². The van der Waals surface area contributed by atoms with Gasteiger partial charge in [-0.3, -0.25) is 5.32 Å². The molecule has 0 bridgehead atoms. The molecule has 1 aliphatic rings. The first-order chi connectivity index (χ1) is 16.6. The standard InChI is InChI=1S/C27H31NO6/c1-29-21-9-7-16(12-23(21)31-3)20-11-18-14-25(33-5)26(34-6)15-19(18)27(28-20)17-8-10-22(30-2)24(13-17)32-4/h7-10,12-15,20,27-28H,11H2,1-6H3/t20-,27+/m1/s1. The van der Waals surface area contributed by atoms with Gasteiger partial charge in [-0.15, -0.1) is 0 Å². The molecule has 1 N–H and O–H groups in total. The number of hydrogen-bond acceptors (Lipinski definition) is 7. The molecule has 3 aromatic rings. The highest BCUT2D eigenvalue weighted by Gasteiger charge is 2.31. The number of ether oxygens (including phenoxy) is 6. The largest absolute Gasteiger partial charge is 0.493 e. The Bertz CT molecular complexity index is 1160. The number of rotatable bonds is 8. The number of methoxy groups -OCH3 is 6. The van der Waals surface area contributed by atoms with Crippen LogP contribution in [0.15, 0.2) is 48.5 Å². The molecule has 0 fully saturated rings. The zero-order valence-electron chi connectivity index (χ0n) is 20.4. The number of fused-ring (bicyclic) bond motifs is 1. The fourth-order valence-corrected chi connectivity index (χ4v) is 4.54. The fourth-order valence-electron chi connectivity index (χ4n) is 4.54. The molecule has 180 valence electrons. The summed E-state index contributed by atoms with van der Waals surface area (Å²) in [6.07, 6.45) is 0.773. The normalized spacial score (nSPS) is 16.9. The van der Waals surface area contributed by atoms with Crippen molar-refractivity contribution in [3.63, 3.8) is 0 Å². The lowest BCUT2D eigenvalue weighted by Crippen LogP contribution is -2.34. The average Bonchev–Trinajstić information content (AvgIpc) is 2.90. The molecule has 7 heteroatoms. The monoisotopic (exact) mass is 465 g/mol. The summed E-state index contributed by atoms with van der Waals surface area (Å²) in [6.45, 7) is 0. The van der Waals surface area contributed by atoms with Crippen LogP contribution in [0.25, 0.3) is 0 Å². The van der Waals surface area contributed by atoms with Crippen molar-refractivity contribution in [1.82, 2.24) is 5.32 Å². The van der Waals surface area contributed by atoms with Crippen molar-refractivity contribution in [1.29, 1.82) is 0 Å². The van der Waals surface area contributed by atoms with Crippen molar-refractivity contribution in [3.05, 3.63) is 70.8 Å². The van der Waals surface area contributed by atoms with Crippen LogP contribution < -0.4 is 33.7 Å². The van der Waals surface area contributed by atoms with Gasteiger partial charge in [0, 0.05) is 6.04 Å². The Hall–Kier alpha value is -3.58. The molecular formula is C27H31NO6. The molecule has 0 aliphatic carbocycles. The number of benzene rings is 3. The van der Waals surface area contributed by atoms with Crippen LogP contribution in [0.5, 0.6) is 34.5 Å². The van der Waals surface area contributed by atoms with Gasteiger partial charge in [0.15, 0.2) is 34.5 Å². The van der Waals surface area contributed by atoms with E-state index >= 15 is 0 Å². The molecular weight excluding hydrogens is 434 g/mol. The predicted molar refractivity (Wildman–Crippen MR) is 130 cm³/mol. The Morgan fingerprint density at radius 3 is 1.59 bits per heavy atom. The molecule has 0 radical (unpaired) electrons. The fraction of sp³-hybridized carbons (Fsp3) is 0.333. The van der Waals surface area contributed by atoms with E-state index in [1.807, 2.05) is 30.3 Å². The lowest BCUT2D eigenvalue weighted by atomic mass is 9.84. The molecule has 0 amide bonds. The molecule has 34 heavy (non-hydrogen) atoms. The third-order valence-electron chi connectivity index (χ3n) is 6.30. The molecule has 2 atom stereocenters. The minimum atomic E-state index is -0.110. The van der Waals surface area contributed by atoms with Crippen molar-refractivity contribution in [2.45, 2.75) is 18.5 Å². The highest BCUT2D eigenvalue weighted by molar-refractivity contribution is 5.54. The summed E-state index contributed by atoms with van der Waals surface area (Å²) in [5.41, 5.74) is 4.46. The molecule has 3 aromatic carbocycles. The summed E-state index contributed by atoms with van der Waals surface area (Å²) in [5, 5.41) is 3.82. The highest BCUT2D eigenvalue weighted by atomic mass is 16.5. The van der Waals surface area contributed by atoms with Crippen LogP contribution in [-0.4, -0.2) is 42.7 Å². The smallest absolute Gasteiger partial charge is 0.161 e. The van der Waals surface area contributed by atoms with E-state index in [9.17, 15) is 0 Å². The summed E-state index contributed by atoms with van der Waals surface area (Å²) >= 11 is 0. The highest BCUT2D eigenvalue weighted by Crippen LogP contribution is 2.43. The van der Waals surface area contributed by atoms with E-state index < -0.39 is 0 Å². The van der Waals surface area contributed by atoms with E-state index in [1.165, 1.54) is 5.56 Å². The Labute approximate surface area is 200 Å². The molecule has 1 aliphatic heterocycles. The Kier molecular flexibility index (Phi) is 7.03. The molecule has 4 rings (SSSR count). The lowest BCUT2D eigenvalue weighted by molar-refractivity contribution is 0.348. The number of hydrogen-bond donors (Lipinski definition) is 1. The van der Waals surface area contributed by atoms with Crippen LogP contribution in [0.2, 0.25) is 0 Å². The zero-order chi connectivity index (χ0) is 24.2. The van der Waals surface area contributed by atoms with Crippen LogP contribution in [0.3, 0.4) is 0 Å². The zero-order valence-corrected chi connectivity index (χ0v) is 20.4. The molecule has 0 saturated heterocycles. The van der Waals surface area contributed by atoms with Crippen molar-refractivity contribution >= 4 is 0 Å². The maximum atomic E-state index is 5.61. The van der Waals surface area contributed by atoms with Gasteiger partial charge in [-0.05, 0) is 65.1 Å². The van der Waals surface area contributed by atoms with Gasteiger partial charge in [0.2, 0.25) is 0 Å². The second kappa shape index (κ2) is 10.1. The van der Waals surface area contributed by atoms with Crippen LogP contribution in [-0.2, 0) is 6.42 Å². The molecule has 0 saturated carbocycles. The minimum absolute atomic E-state index is 0.0310. The lowest BCUT2D eigenvalue weighted by Gasteiger charge is -2.35. The predicted octanol–water partition coefficient (Wildman–Crippen LogP) is 4.71. The first-order valence-corrected chi connectivity index (χ1v) is 11.0. The van der Waals surface area contributed by atoms with Gasteiger partial charge >= 0.3 is 0 Å². The van der Waals surface area contributed by atoms with Gasteiger partial charge < -0.3 is 28.4 Å². The molecule has 0 spiro atoms. The molecule has 1 heterocycles. The summed E-state index contributed by atoms with van der Waals surface area (Å²) in [7, 11) is 9.87.